The van der Waals surface area contributed by atoms with Crippen molar-refractivity contribution >= 4 is 5.78 Å². The van der Waals surface area contributed by atoms with Gasteiger partial charge in [0.25, 0.3) is 0 Å². The summed E-state index contributed by atoms with van der Waals surface area (Å²) in [5.74, 6) is 2.48. The Bertz CT molecular complexity index is 555. The molecule has 1 aromatic carbocycles. The third-order valence-electron chi connectivity index (χ3n) is 3.97. The maximum atomic E-state index is 12.0. The summed E-state index contributed by atoms with van der Waals surface area (Å²) in [4.78, 5) is 12.0. The first-order valence-electron chi connectivity index (χ1n) is 7.87. The molecule has 0 spiro atoms. The van der Waals surface area contributed by atoms with E-state index in [2.05, 4.69) is 19.1 Å². The van der Waals surface area contributed by atoms with E-state index in [0.29, 0.717) is 24.5 Å². The number of ketones is 1. The molecule has 0 aliphatic heterocycles. The van der Waals surface area contributed by atoms with E-state index in [0.717, 1.165) is 30.8 Å². The lowest BCUT2D eigenvalue weighted by Crippen LogP contribution is -2.02. The fourth-order valence-electron chi connectivity index (χ4n) is 2.50. The van der Waals surface area contributed by atoms with Gasteiger partial charge in [-0.25, -0.2) is 0 Å². The monoisotopic (exact) mass is 300 g/mol. The molecular formula is C19H24O3. The smallest absolute Gasteiger partial charge is 0.132 e. The first-order chi connectivity index (χ1) is 10.7. The van der Waals surface area contributed by atoms with E-state index >= 15 is 0 Å². The number of ether oxygens (including phenoxy) is 1. The SMILES string of the molecule is COc1ccc(CCCC(=O)CCC(C)c2ccco2)cc1. The van der Waals surface area contributed by atoms with Crippen LogP contribution >= 0.6 is 0 Å². The summed E-state index contributed by atoms with van der Waals surface area (Å²) >= 11 is 0. The molecule has 1 aromatic heterocycles. The molecule has 0 N–H and O–H groups in total. The lowest BCUT2D eigenvalue weighted by atomic mass is 9.98. The van der Waals surface area contributed by atoms with Gasteiger partial charge in [-0.1, -0.05) is 19.1 Å². The largest absolute Gasteiger partial charge is 0.497 e. The van der Waals surface area contributed by atoms with Crippen molar-refractivity contribution in [1.82, 2.24) is 0 Å². The fraction of sp³-hybridized carbons (Fsp3) is 0.421. The number of furan rings is 1. The molecule has 0 saturated heterocycles. The number of Topliss-reactive ketones (excluding diaryl/α,β-unsaturated/α-hetero) is 1. The summed E-state index contributed by atoms with van der Waals surface area (Å²) in [7, 11) is 1.66. The zero-order valence-corrected chi connectivity index (χ0v) is 13.4. The van der Waals surface area contributed by atoms with Crippen molar-refractivity contribution in [2.24, 2.45) is 0 Å². The zero-order chi connectivity index (χ0) is 15.8. The molecule has 1 atom stereocenters. The average Bonchev–Trinajstić information content (AvgIpc) is 3.08. The molecule has 2 aromatic rings. The van der Waals surface area contributed by atoms with Gasteiger partial charge in [0.15, 0.2) is 0 Å². The van der Waals surface area contributed by atoms with E-state index in [-0.39, 0.29) is 0 Å². The Hall–Kier alpha value is -2.03. The molecular weight excluding hydrogens is 276 g/mol. The predicted molar refractivity (Wildman–Crippen MR) is 87.3 cm³/mol. The summed E-state index contributed by atoms with van der Waals surface area (Å²) < 4.78 is 10.5. The third kappa shape index (κ3) is 5.06. The molecule has 118 valence electrons. The van der Waals surface area contributed by atoms with Crippen molar-refractivity contribution < 1.29 is 13.9 Å². The summed E-state index contributed by atoms with van der Waals surface area (Å²) in [6.45, 7) is 2.10. The second-order valence-electron chi connectivity index (χ2n) is 5.70. The van der Waals surface area contributed by atoms with Crippen molar-refractivity contribution in [2.45, 2.75) is 44.9 Å². The highest BCUT2D eigenvalue weighted by Gasteiger charge is 2.11. The minimum absolute atomic E-state index is 0.306. The second-order valence-corrected chi connectivity index (χ2v) is 5.70. The Morgan fingerprint density at radius 2 is 1.95 bits per heavy atom. The average molecular weight is 300 g/mol. The maximum absolute atomic E-state index is 12.0. The number of methoxy groups -OCH3 is 1. The zero-order valence-electron chi connectivity index (χ0n) is 13.4. The normalized spacial score (nSPS) is 12.1. The van der Waals surface area contributed by atoms with Crippen LogP contribution in [0, 0.1) is 0 Å². The fourth-order valence-corrected chi connectivity index (χ4v) is 2.50. The van der Waals surface area contributed by atoms with E-state index < -0.39 is 0 Å². The molecule has 0 amide bonds. The minimum atomic E-state index is 0.306. The Kier molecular flexibility index (Phi) is 6.26. The van der Waals surface area contributed by atoms with Crippen LogP contribution in [0.5, 0.6) is 5.75 Å². The Morgan fingerprint density at radius 1 is 1.18 bits per heavy atom. The van der Waals surface area contributed by atoms with Crippen LogP contribution < -0.4 is 4.74 Å². The molecule has 1 heterocycles. The molecule has 3 heteroatoms. The van der Waals surface area contributed by atoms with Crippen LogP contribution in [0.15, 0.2) is 47.1 Å². The van der Waals surface area contributed by atoms with Gasteiger partial charge in [-0.2, -0.15) is 0 Å². The van der Waals surface area contributed by atoms with Crippen LogP contribution in [0.2, 0.25) is 0 Å². The highest BCUT2D eigenvalue weighted by Crippen LogP contribution is 2.21. The molecule has 22 heavy (non-hydrogen) atoms. The first-order valence-corrected chi connectivity index (χ1v) is 7.87. The Balaban J connectivity index is 1.65. The molecule has 1 unspecified atom stereocenters. The van der Waals surface area contributed by atoms with E-state index in [1.807, 2.05) is 24.3 Å². The first kappa shape index (κ1) is 16.3. The van der Waals surface area contributed by atoms with Gasteiger partial charge in [0.1, 0.15) is 17.3 Å². The number of rotatable bonds is 9. The van der Waals surface area contributed by atoms with Gasteiger partial charge in [-0.15, -0.1) is 0 Å². The summed E-state index contributed by atoms with van der Waals surface area (Å²) in [6, 6.07) is 11.9. The summed E-state index contributed by atoms with van der Waals surface area (Å²) in [5.41, 5.74) is 1.25. The third-order valence-corrected chi connectivity index (χ3v) is 3.97. The summed E-state index contributed by atoms with van der Waals surface area (Å²) in [6.07, 6.45) is 5.66. The van der Waals surface area contributed by atoms with Crippen molar-refractivity contribution in [1.29, 1.82) is 0 Å². The molecule has 0 aliphatic carbocycles. The van der Waals surface area contributed by atoms with Crippen LogP contribution in [-0.2, 0) is 11.2 Å². The van der Waals surface area contributed by atoms with Crippen molar-refractivity contribution in [3.8, 4) is 5.75 Å². The molecule has 3 nitrogen and oxygen atoms in total. The topological polar surface area (TPSA) is 39.4 Å². The van der Waals surface area contributed by atoms with E-state index in [9.17, 15) is 4.79 Å². The van der Waals surface area contributed by atoms with Gasteiger partial charge < -0.3 is 9.15 Å². The van der Waals surface area contributed by atoms with Gasteiger partial charge >= 0.3 is 0 Å². The van der Waals surface area contributed by atoms with Crippen molar-refractivity contribution in [3.05, 3.63) is 54.0 Å². The van der Waals surface area contributed by atoms with Crippen LogP contribution in [-0.4, -0.2) is 12.9 Å². The van der Waals surface area contributed by atoms with E-state index in [1.54, 1.807) is 13.4 Å². The second kappa shape index (κ2) is 8.42. The minimum Gasteiger partial charge on any atom is -0.497 e. The highest BCUT2D eigenvalue weighted by atomic mass is 16.5. The van der Waals surface area contributed by atoms with Crippen molar-refractivity contribution in [3.63, 3.8) is 0 Å². The van der Waals surface area contributed by atoms with Gasteiger partial charge in [0.2, 0.25) is 0 Å². The van der Waals surface area contributed by atoms with Gasteiger partial charge in [-0.3, -0.25) is 4.79 Å². The van der Waals surface area contributed by atoms with Crippen LogP contribution in [0.25, 0.3) is 0 Å². The standard InChI is InChI=1S/C19H24O3/c1-15(19-7-4-14-22-19)8-11-17(20)6-3-5-16-9-12-18(21-2)13-10-16/h4,7,9-10,12-15H,3,5-6,8,11H2,1-2H3. The van der Waals surface area contributed by atoms with E-state index in [4.69, 9.17) is 9.15 Å². The van der Waals surface area contributed by atoms with Gasteiger partial charge in [0.05, 0.1) is 13.4 Å². The van der Waals surface area contributed by atoms with Crippen LogP contribution in [0.4, 0.5) is 0 Å². The quantitative estimate of drug-likeness (QED) is 0.670. The lowest BCUT2D eigenvalue weighted by Gasteiger charge is -2.08. The number of hydrogen-bond donors (Lipinski definition) is 0. The molecule has 0 aliphatic rings. The van der Waals surface area contributed by atoms with Gasteiger partial charge in [0, 0.05) is 18.8 Å². The maximum Gasteiger partial charge on any atom is 0.132 e. The lowest BCUT2D eigenvalue weighted by molar-refractivity contribution is -0.119. The molecule has 2 rings (SSSR count). The highest BCUT2D eigenvalue weighted by molar-refractivity contribution is 5.78. The Morgan fingerprint density at radius 3 is 2.59 bits per heavy atom. The summed E-state index contributed by atoms with van der Waals surface area (Å²) in [5, 5.41) is 0. The molecule has 0 bridgehead atoms. The van der Waals surface area contributed by atoms with Crippen LogP contribution in [0.1, 0.15) is 49.8 Å². The number of benzene rings is 1. The number of aryl methyl sites for hydroxylation is 1. The Labute approximate surface area is 132 Å². The number of hydrogen-bond acceptors (Lipinski definition) is 3. The van der Waals surface area contributed by atoms with Crippen molar-refractivity contribution in [2.75, 3.05) is 7.11 Å². The number of carbonyl (C=O) groups is 1. The number of carbonyl (C=O) groups excluding carboxylic acids is 1. The van der Waals surface area contributed by atoms with Crippen LogP contribution in [0.3, 0.4) is 0 Å². The molecule has 0 saturated carbocycles. The predicted octanol–water partition coefficient (Wildman–Crippen LogP) is 4.76. The van der Waals surface area contributed by atoms with Gasteiger partial charge in [-0.05, 0) is 49.1 Å². The van der Waals surface area contributed by atoms with E-state index in [1.165, 1.54) is 5.56 Å². The molecule has 0 radical (unpaired) electrons. The molecule has 0 fully saturated rings.